The number of aryl methyl sites for hydroxylation is 1. The number of primary amides is 1. The van der Waals surface area contributed by atoms with Gasteiger partial charge < -0.3 is 21.5 Å². The van der Waals surface area contributed by atoms with E-state index in [1.54, 1.807) is 0 Å². The van der Waals surface area contributed by atoms with Gasteiger partial charge in [-0.2, -0.15) is 0 Å². The number of carbonyl (C=O) groups is 1. The van der Waals surface area contributed by atoms with Crippen molar-refractivity contribution in [2.45, 2.75) is 44.6 Å². The number of amides is 1. The quantitative estimate of drug-likeness (QED) is 0.769. The van der Waals surface area contributed by atoms with Gasteiger partial charge in [-0.05, 0) is 49.7 Å². The first-order valence-electron chi connectivity index (χ1n) is 8.52. The van der Waals surface area contributed by atoms with Crippen LogP contribution in [0.2, 0.25) is 0 Å². The minimum absolute atomic E-state index is 0.209. The van der Waals surface area contributed by atoms with E-state index in [1.165, 1.54) is 22.5 Å². The maximum Gasteiger partial charge on any atom is 0.260 e. The fourth-order valence-corrected chi connectivity index (χ4v) is 4.89. The Hall–Kier alpha value is -1.86. The van der Waals surface area contributed by atoms with Crippen LogP contribution in [0.1, 0.15) is 46.5 Å². The number of thiophene rings is 1. The summed E-state index contributed by atoms with van der Waals surface area (Å²) >= 11 is 1.30. The molecule has 0 bridgehead atoms. The number of aliphatic hydroxyl groups is 1. The Bertz CT molecular complexity index is 809. The lowest BCUT2D eigenvalue weighted by Crippen LogP contribution is -2.37. The van der Waals surface area contributed by atoms with Crippen LogP contribution in [0.4, 0.5) is 11.5 Å². The topological polar surface area (TPSA) is 105 Å². The van der Waals surface area contributed by atoms with Crippen molar-refractivity contribution in [3.05, 3.63) is 16.0 Å². The second-order valence-corrected chi connectivity index (χ2v) is 7.71. The molecule has 0 radical (unpaired) electrons. The molecule has 128 valence electrons. The van der Waals surface area contributed by atoms with E-state index in [9.17, 15) is 9.90 Å². The molecular formula is C17H22N4O2S. The number of hydrogen-bond donors (Lipinski definition) is 3. The van der Waals surface area contributed by atoms with Crippen molar-refractivity contribution < 1.29 is 9.90 Å². The third kappa shape index (κ3) is 2.43. The van der Waals surface area contributed by atoms with Crippen molar-refractivity contribution in [2.24, 2.45) is 5.73 Å². The molecule has 4 rings (SSSR count). The number of pyridine rings is 1. The van der Waals surface area contributed by atoms with E-state index in [2.05, 4.69) is 4.90 Å². The summed E-state index contributed by atoms with van der Waals surface area (Å²) in [5.41, 5.74) is 14.7. The zero-order valence-electron chi connectivity index (χ0n) is 13.5. The fourth-order valence-electron chi connectivity index (χ4n) is 3.92. The Labute approximate surface area is 144 Å². The minimum atomic E-state index is -0.484. The maximum absolute atomic E-state index is 11.7. The van der Waals surface area contributed by atoms with Gasteiger partial charge in [-0.3, -0.25) is 4.79 Å². The van der Waals surface area contributed by atoms with Crippen molar-refractivity contribution in [3.63, 3.8) is 0 Å². The van der Waals surface area contributed by atoms with Crippen molar-refractivity contribution in [3.8, 4) is 0 Å². The molecule has 1 aliphatic heterocycles. The summed E-state index contributed by atoms with van der Waals surface area (Å²) in [5.74, 6) is 0.532. The highest BCUT2D eigenvalue weighted by atomic mass is 32.1. The lowest BCUT2D eigenvalue weighted by atomic mass is 9.89. The highest BCUT2D eigenvalue weighted by molar-refractivity contribution is 7.21. The summed E-state index contributed by atoms with van der Waals surface area (Å²) in [6.07, 6.45) is 5.58. The molecule has 0 unspecified atom stereocenters. The van der Waals surface area contributed by atoms with E-state index >= 15 is 0 Å². The van der Waals surface area contributed by atoms with Gasteiger partial charge in [0.05, 0.1) is 11.8 Å². The zero-order chi connectivity index (χ0) is 16.8. The number of nitrogens with two attached hydrogens (primary N) is 2. The molecule has 1 amide bonds. The molecule has 0 saturated carbocycles. The number of piperidine rings is 1. The van der Waals surface area contributed by atoms with Crippen LogP contribution in [0.5, 0.6) is 0 Å². The van der Waals surface area contributed by atoms with Crippen molar-refractivity contribution in [1.29, 1.82) is 0 Å². The average Bonchev–Trinajstić information content (AvgIpc) is 2.92. The fraction of sp³-hybridized carbons (Fsp3) is 0.529. The molecular weight excluding hydrogens is 324 g/mol. The zero-order valence-corrected chi connectivity index (χ0v) is 14.4. The van der Waals surface area contributed by atoms with Gasteiger partial charge in [0.1, 0.15) is 15.5 Å². The summed E-state index contributed by atoms with van der Waals surface area (Å²) in [6.45, 7) is 1.63. The van der Waals surface area contributed by atoms with Gasteiger partial charge >= 0.3 is 0 Å². The van der Waals surface area contributed by atoms with E-state index in [4.69, 9.17) is 16.5 Å². The van der Waals surface area contributed by atoms with E-state index in [0.717, 1.165) is 67.6 Å². The normalized spacial score (nSPS) is 18.8. The number of nitrogen functional groups attached to an aromatic ring is 1. The number of fused-ring (bicyclic) bond motifs is 3. The molecule has 5 N–H and O–H groups in total. The van der Waals surface area contributed by atoms with Crippen LogP contribution in [-0.4, -0.2) is 35.2 Å². The molecule has 0 spiro atoms. The van der Waals surface area contributed by atoms with E-state index < -0.39 is 5.91 Å². The Balaban J connectivity index is 1.90. The Morgan fingerprint density at radius 2 is 1.88 bits per heavy atom. The third-order valence-electron chi connectivity index (χ3n) is 5.16. The first kappa shape index (κ1) is 15.7. The van der Waals surface area contributed by atoms with Gasteiger partial charge in [-0.1, -0.05) is 0 Å². The number of hydrogen-bond acceptors (Lipinski definition) is 6. The molecule has 24 heavy (non-hydrogen) atoms. The summed E-state index contributed by atoms with van der Waals surface area (Å²) < 4.78 is 0. The molecule has 0 atom stereocenters. The van der Waals surface area contributed by atoms with Crippen molar-refractivity contribution >= 4 is 39.0 Å². The SMILES string of the molecule is NC(=O)c1sc2nc(N3CCC(O)CC3)c3c(c2c1N)CCCC3. The monoisotopic (exact) mass is 346 g/mol. The molecule has 2 aromatic rings. The summed E-state index contributed by atoms with van der Waals surface area (Å²) in [6, 6.07) is 0. The minimum Gasteiger partial charge on any atom is -0.397 e. The van der Waals surface area contributed by atoms with Crippen molar-refractivity contribution in [1.82, 2.24) is 4.98 Å². The van der Waals surface area contributed by atoms with Gasteiger partial charge in [-0.25, -0.2) is 4.98 Å². The first-order chi connectivity index (χ1) is 11.6. The summed E-state index contributed by atoms with van der Waals surface area (Å²) in [4.78, 5) is 20.0. The summed E-state index contributed by atoms with van der Waals surface area (Å²) in [5, 5.41) is 10.7. The molecule has 3 heterocycles. The second-order valence-electron chi connectivity index (χ2n) is 6.71. The average molecular weight is 346 g/mol. The van der Waals surface area contributed by atoms with Crippen LogP contribution in [0, 0.1) is 0 Å². The number of nitrogens with zero attached hydrogens (tertiary/aromatic N) is 2. The van der Waals surface area contributed by atoms with Gasteiger partial charge in [0, 0.05) is 18.5 Å². The van der Waals surface area contributed by atoms with E-state index in [1.807, 2.05) is 0 Å². The van der Waals surface area contributed by atoms with Gasteiger partial charge in [0.2, 0.25) is 0 Å². The highest BCUT2D eigenvalue weighted by Gasteiger charge is 2.28. The Morgan fingerprint density at radius 3 is 2.54 bits per heavy atom. The lowest BCUT2D eigenvalue weighted by Gasteiger charge is -2.33. The molecule has 2 aromatic heterocycles. The second kappa shape index (κ2) is 5.89. The van der Waals surface area contributed by atoms with Gasteiger partial charge in [0.25, 0.3) is 5.91 Å². The van der Waals surface area contributed by atoms with Crippen LogP contribution >= 0.6 is 11.3 Å². The van der Waals surface area contributed by atoms with Crippen LogP contribution < -0.4 is 16.4 Å². The molecule has 1 saturated heterocycles. The first-order valence-corrected chi connectivity index (χ1v) is 9.34. The van der Waals surface area contributed by atoms with Gasteiger partial charge in [-0.15, -0.1) is 11.3 Å². The standard InChI is InChI=1S/C17H22N4O2S/c18-13-12-10-3-1-2-4-11(10)16(21-7-5-9(22)6-8-21)20-17(12)24-14(13)15(19)23/h9,22H,1-8,18H2,(H2,19,23). The van der Waals surface area contributed by atoms with E-state index in [0.29, 0.717) is 10.6 Å². The molecule has 6 nitrogen and oxygen atoms in total. The van der Waals surface area contributed by atoms with Crippen LogP contribution in [0.3, 0.4) is 0 Å². The van der Waals surface area contributed by atoms with E-state index in [-0.39, 0.29) is 6.10 Å². The van der Waals surface area contributed by atoms with Crippen LogP contribution in [-0.2, 0) is 12.8 Å². The predicted octanol–water partition coefficient (Wildman–Crippen LogP) is 1.82. The Kier molecular flexibility index (Phi) is 3.85. The molecule has 1 aliphatic carbocycles. The number of rotatable bonds is 2. The maximum atomic E-state index is 11.7. The van der Waals surface area contributed by atoms with Crippen molar-refractivity contribution in [2.75, 3.05) is 23.7 Å². The molecule has 7 heteroatoms. The molecule has 1 fully saturated rings. The Morgan fingerprint density at radius 1 is 1.21 bits per heavy atom. The largest absolute Gasteiger partial charge is 0.397 e. The number of aromatic nitrogens is 1. The van der Waals surface area contributed by atoms with Crippen LogP contribution in [0.25, 0.3) is 10.2 Å². The predicted molar refractivity (Wildman–Crippen MR) is 96.6 cm³/mol. The smallest absolute Gasteiger partial charge is 0.260 e. The summed E-state index contributed by atoms with van der Waals surface area (Å²) in [7, 11) is 0. The molecule has 2 aliphatic rings. The number of aliphatic hydroxyl groups excluding tert-OH is 1. The highest BCUT2D eigenvalue weighted by Crippen LogP contribution is 2.42. The van der Waals surface area contributed by atoms with Gasteiger partial charge in [0.15, 0.2) is 0 Å². The third-order valence-corrected chi connectivity index (χ3v) is 6.28. The van der Waals surface area contributed by atoms with Crippen LogP contribution in [0.15, 0.2) is 0 Å². The lowest BCUT2D eigenvalue weighted by molar-refractivity contribution is 0.100. The number of anilines is 2. The number of carbonyl (C=O) groups excluding carboxylic acids is 1. The molecule has 0 aromatic carbocycles.